The van der Waals surface area contributed by atoms with E-state index in [1.54, 1.807) is 79.3 Å². The van der Waals surface area contributed by atoms with Gasteiger partial charge in [0.25, 0.3) is 0 Å². The first-order valence-electron chi connectivity index (χ1n) is 38.5. The van der Waals surface area contributed by atoms with E-state index < -0.39 is 45.8 Å². The molecule has 0 aliphatic carbocycles. The van der Waals surface area contributed by atoms with Crippen LogP contribution in [0.25, 0.3) is 0 Å². The lowest BCUT2D eigenvalue weighted by molar-refractivity contribution is -0.138. The van der Waals surface area contributed by atoms with Gasteiger partial charge in [0, 0.05) is 118 Å². The Morgan fingerprint density at radius 3 is 1.35 bits per heavy atom. The number of amides is 8. The van der Waals surface area contributed by atoms with Crippen LogP contribution in [-0.2, 0) is 61.7 Å². The third-order valence-electron chi connectivity index (χ3n) is 15.6. The second kappa shape index (κ2) is 50.9. The number of allylic oxidation sites excluding steroid dienone is 1. The van der Waals surface area contributed by atoms with Gasteiger partial charge in [0.05, 0.1) is 91.3 Å². The van der Waals surface area contributed by atoms with Crippen molar-refractivity contribution in [1.29, 1.82) is 0 Å². The SMILES string of the molecule is C=C(CCl)CCl.C=C1COCCN(C(=O)OC(C)(C)C)C1.CC(C)(C)OC(=O)N1CCOC/C(=N\O)C1.CC(C)(C)OC(=O)N1CCOCC(N)C1.CC(C)(C)OC(=O)N1CCOCC(N2CCCC(Nc3cc(Cl)cc(Cl)c3)C2=O)C1.CC(C)(C)OC(=O)N1CCOCC(N2CCCCC2=O)C1.CC(C)(C)OC(=O)NCCO. The zero-order valence-corrected chi connectivity index (χ0v) is 73.7. The van der Waals surface area contributed by atoms with Gasteiger partial charge in [-0.3, -0.25) is 9.59 Å². The van der Waals surface area contributed by atoms with E-state index >= 15 is 0 Å². The number of piperidine rings is 2. The van der Waals surface area contributed by atoms with Gasteiger partial charge < -0.3 is 113 Å². The standard InChI is InChI=1S/C21H29Cl2N3O4.C15H26N2O4.C11H19NO3.C10H18N2O4.C10H20N2O3.C7H15NO3.C4H6Cl2/c1-21(2,3)30-20(28)25-7-8-29-13-17(12-25)26-6-4-5-18(19(26)27)24-16-10-14(22)9-15(23)11-16;1-15(2,3)21-14(19)16-8-9-20-11-12(10-16)17-7-5-4-6-13(17)18;1-9-7-12(5-6-14-8-9)10(13)15-11(2,3)4;1-10(2,3)16-9(13)12-4-5-15-7-8(6-12)11-14;1-10(2,3)15-9(13)12-4-5-14-7-8(11)6-12;1-7(2,3)11-6(10)8-4-5-9;1-4(2-5)3-6/h9-11,17-18,24H,4-8,12-13H2,1-3H3;12H,4-11H2,1-3H3;1,5-8H2,2-4H3;14H,4-7H2,1-3H3;8H,4-7,11H2,1-3H3;9H,4-5H2,1-3H3,(H,8,10);1-3H2/b;;;11-8-;;;. The first-order valence-corrected chi connectivity index (χ1v) is 40.4. The minimum absolute atomic E-state index is 0.0167. The predicted molar refractivity (Wildman–Crippen MR) is 439 cm³/mol. The molecule has 0 spiro atoms. The Balaban J connectivity index is 0.000000470. The lowest BCUT2D eigenvalue weighted by Crippen LogP contribution is -2.56. The maximum Gasteiger partial charge on any atom is 0.410 e. The lowest BCUT2D eigenvalue weighted by atomic mass is 10.0. The molecule has 36 heteroatoms. The zero-order chi connectivity index (χ0) is 86.4. The van der Waals surface area contributed by atoms with Crippen LogP contribution >= 0.6 is 46.4 Å². The predicted octanol–water partition coefficient (Wildman–Crippen LogP) is 11.7. The van der Waals surface area contributed by atoms with Gasteiger partial charge in [-0.1, -0.05) is 41.5 Å². The van der Waals surface area contributed by atoms with Gasteiger partial charge in [-0.2, -0.15) is 0 Å². The highest BCUT2D eigenvalue weighted by molar-refractivity contribution is 6.35. The molecule has 7 aliphatic heterocycles. The molecule has 0 bridgehead atoms. The van der Waals surface area contributed by atoms with E-state index in [4.69, 9.17) is 115 Å². The number of ether oxygens (including phenoxy) is 11. The number of anilines is 1. The van der Waals surface area contributed by atoms with Crippen LogP contribution in [0.3, 0.4) is 0 Å². The fourth-order valence-corrected chi connectivity index (χ4v) is 11.6. The van der Waals surface area contributed by atoms with Gasteiger partial charge in [0.15, 0.2) is 0 Å². The Morgan fingerprint density at radius 1 is 0.535 bits per heavy atom. The van der Waals surface area contributed by atoms with Gasteiger partial charge in [0.2, 0.25) is 11.8 Å². The molecular weight excluding hydrogens is 1570 g/mol. The van der Waals surface area contributed by atoms with E-state index in [2.05, 4.69) is 28.9 Å². The number of carbonyl (C=O) groups is 8. The van der Waals surface area contributed by atoms with Crippen molar-refractivity contribution in [3.05, 3.63) is 52.5 Å². The molecule has 8 amide bonds. The molecule has 4 unspecified atom stereocenters. The number of nitrogens with two attached hydrogens (primary N) is 1. The van der Waals surface area contributed by atoms with Crippen LogP contribution < -0.4 is 16.4 Å². The van der Waals surface area contributed by atoms with E-state index in [-0.39, 0.29) is 86.7 Å². The molecule has 7 fully saturated rings. The summed E-state index contributed by atoms with van der Waals surface area (Å²) in [6.07, 6.45) is 1.90. The molecular formula is C78H133Cl4N11O21. The molecule has 7 heterocycles. The second-order valence-corrected chi connectivity index (χ2v) is 35.0. The average molecular weight is 1700 g/mol. The molecule has 8 rings (SSSR count). The van der Waals surface area contributed by atoms with Gasteiger partial charge >= 0.3 is 36.6 Å². The summed E-state index contributed by atoms with van der Waals surface area (Å²) in [6, 6.07) is 4.36. The molecule has 0 radical (unpaired) electrons. The van der Waals surface area contributed by atoms with Crippen LogP contribution in [0.4, 0.5) is 34.5 Å². The Kier molecular flexibility index (Phi) is 46.2. The molecule has 6 N–H and O–H groups in total. The minimum atomic E-state index is -0.575. The number of aliphatic hydroxyl groups is 1. The average Bonchev–Trinajstić information content (AvgIpc) is 1.28. The summed E-state index contributed by atoms with van der Waals surface area (Å²) in [5.41, 5.74) is 5.65. The van der Waals surface area contributed by atoms with Gasteiger partial charge in [-0.25, -0.2) is 28.8 Å². The highest BCUT2D eigenvalue weighted by Crippen LogP contribution is 2.27. The van der Waals surface area contributed by atoms with Crippen LogP contribution in [0, 0.1) is 0 Å². The number of nitrogens with one attached hydrogen (secondary N) is 2. The second-order valence-electron chi connectivity index (χ2n) is 33.6. The molecule has 1 aromatic rings. The number of rotatable bonds is 8. The number of oxime groups is 1. The summed E-state index contributed by atoms with van der Waals surface area (Å²) in [6.45, 7) is 51.0. The van der Waals surface area contributed by atoms with Crippen LogP contribution in [0.15, 0.2) is 47.7 Å². The summed E-state index contributed by atoms with van der Waals surface area (Å²) in [5.74, 6) is 1.10. The van der Waals surface area contributed by atoms with Crippen molar-refractivity contribution < 1.29 is 101 Å². The number of hydrogen-bond acceptors (Lipinski definition) is 24. The van der Waals surface area contributed by atoms with Crippen molar-refractivity contribution in [2.75, 3.05) is 175 Å². The zero-order valence-electron chi connectivity index (χ0n) is 70.7. The van der Waals surface area contributed by atoms with Crippen LogP contribution in [0.2, 0.25) is 10.0 Å². The molecule has 7 saturated heterocycles. The molecule has 114 heavy (non-hydrogen) atoms. The van der Waals surface area contributed by atoms with Crippen molar-refractivity contribution in [3.63, 3.8) is 0 Å². The topological polar surface area (TPSA) is 364 Å². The van der Waals surface area contributed by atoms with E-state index in [0.29, 0.717) is 171 Å². The fourth-order valence-electron chi connectivity index (χ4n) is 10.8. The number of benzene rings is 1. The molecule has 32 nitrogen and oxygen atoms in total. The number of alkyl carbamates (subject to hydrolysis) is 1. The molecule has 654 valence electrons. The van der Waals surface area contributed by atoms with Crippen molar-refractivity contribution in [2.45, 2.75) is 215 Å². The number of hydrogen-bond donors (Lipinski definition) is 5. The monoisotopic (exact) mass is 1700 g/mol. The van der Waals surface area contributed by atoms with Crippen molar-refractivity contribution >= 4 is 106 Å². The lowest BCUT2D eigenvalue weighted by Gasteiger charge is -2.39. The summed E-state index contributed by atoms with van der Waals surface area (Å²) in [5, 5.41) is 26.8. The Bertz CT molecular complexity index is 3170. The number of alkyl halides is 2. The maximum atomic E-state index is 13.2. The molecule has 0 aromatic heterocycles. The van der Waals surface area contributed by atoms with Gasteiger partial charge in [-0.05, 0) is 180 Å². The number of nitrogens with zero attached hydrogens (tertiary/aromatic N) is 8. The highest BCUT2D eigenvalue weighted by atomic mass is 35.5. The van der Waals surface area contributed by atoms with Crippen molar-refractivity contribution in [1.82, 2.24) is 39.6 Å². The Labute approximate surface area is 695 Å². The molecule has 4 atom stereocenters. The number of likely N-dealkylation sites (tertiary alicyclic amines) is 2. The smallest absolute Gasteiger partial charge is 0.410 e. The van der Waals surface area contributed by atoms with E-state index in [1.165, 1.54) is 4.90 Å². The van der Waals surface area contributed by atoms with Crippen LogP contribution in [-0.4, -0.2) is 326 Å². The van der Waals surface area contributed by atoms with Crippen LogP contribution in [0.5, 0.6) is 0 Å². The largest absolute Gasteiger partial charge is 0.444 e. The minimum Gasteiger partial charge on any atom is -0.444 e. The first-order chi connectivity index (χ1) is 52.9. The summed E-state index contributed by atoms with van der Waals surface area (Å²) in [4.78, 5) is 108. The molecule has 1 aromatic carbocycles. The summed E-state index contributed by atoms with van der Waals surface area (Å²) < 4.78 is 58.5. The third-order valence-corrected chi connectivity index (χ3v) is 16.8. The van der Waals surface area contributed by atoms with E-state index in [9.17, 15) is 38.4 Å². The normalized spacial score (nSPS) is 20.6. The quantitative estimate of drug-likeness (QED) is 0.0530. The summed E-state index contributed by atoms with van der Waals surface area (Å²) in [7, 11) is 0. The maximum absolute atomic E-state index is 13.2. The summed E-state index contributed by atoms with van der Waals surface area (Å²) >= 11 is 22.7. The Morgan fingerprint density at radius 2 is 0.930 bits per heavy atom. The highest BCUT2D eigenvalue weighted by Gasteiger charge is 2.38. The van der Waals surface area contributed by atoms with Crippen molar-refractivity contribution in [3.8, 4) is 0 Å². The first kappa shape index (κ1) is 103. The molecule has 0 saturated carbocycles. The van der Waals surface area contributed by atoms with E-state index in [0.717, 1.165) is 37.0 Å². The number of carbonyl (C=O) groups excluding carboxylic acids is 8. The van der Waals surface area contributed by atoms with E-state index in [1.807, 2.05) is 92.9 Å². The third kappa shape index (κ3) is 46.4. The number of halogens is 4. The van der Waals surface area contributed by atoms with Crippen LogP contribution in [0.1, 0.15) is 157 Å². The number of aliphatic hydroxyl groups excluding tert-OH is 1. The van der Waals surface area contributed by atoms with Gasteiger partial charge in [-0.15, -0.1) is 23.2 Å². The molecule has 7 aliphatic rings. The van der Waals surface area contributed by atoms with Gasteiger partial charge in [0.1, 0.15) is 45.4 Å². The fraction of sp³-hybridized carbons (Fsp3) is 0.756. The van der Waals surface area contributed by atoms with Crippen molar-refractivity contribution in [2.24, 2.45) is 10.9 Å². The Hall–Kier alpha value is -6.59.